The molecule has 0 radical (unpaired) electrons. The van der Waals surface area contributed by atoms with E-state index >= 15 is 0 Å². The van der Waals surface area contributed by atoms with Crippen LogP contribution < -0.4 is 0 Å². The Morgan fingerprint density at radius 3 is 2.55 bits per heavy atom. The Morgan fingerprint density at radius 2 is 1.87 bits per heavy atom. The van der Waals surface area contributed by atoms with Crippen molar-refractivity contribution in [3.8, 4) is 0 Å². The number of rotatable bonds is 8. The van der Waals surface area contributed by atoms with Gasteiger partial charge in [-0.15, -0.1) is 0 Å². The van der Waals surface area contributed by atoms with Crippen molar-refractivity contribution >= 4 is 40.9 Å². The molecule has 2 aromatic rings. The van der Waals surface area contributed by atoms with Crippen LogP contribution in [0.4, 0.5) is 4.79 Å². The lowest BCUT2D eigenvalue weighted by Crippen LogP contribution is -2.47. The van der Waals surface area contributed by atoms with E-state index in [-0.39, 0.29) is 10.7 Å². The van der Waals surface area contributed by atoms with Gasteiger partial charge in [0.25, 0.3) is 0 Å². The molecule has 0 aromatic heterocycles. The smallest absolute Gasteiger partial charge is 0.344 e. The minimum Gasteiger partial charge on any atom is -0.481 e. The van der Waals surface area contributed by atoms with Crippen molar-refractivity contribution in [2.24, 2.45) is 10.9 Å². The average molecular weight is 462 g/mol. The standard InChI is InChI=1S/C23H25Cl2N3O3/c1-15-19(22(29)30)21(17-10-6-11-18(24)20(17)25)28(23(31)26-15)13-7-12-27(2)14-16-8-4-3-5-9-16/h3-6,8-11,19,21H,7,12-14H2,1-2H3,(H,29,30). The Balaban J connectivity index is 1.79. The van der Waals surface area contributed by atoms with Gasteiger partial charge in [0, 0.05) is 18.8 Å². The van der Waals surface area contributed by atoms with Crippen LogP contribution in [-0.2, 0) is 11.3 Å². The van der Waals surface area contributed by atoms with E-state index in [1.165, 1.54) is 10.5 Å². The number of benzene rings is 2. The summed E-state index contributed by atoms with van der Waals surface area (Å²) in [5.41, 5.74) is 1.98. The highest BCUT2D eigenvalue weighted by molar-refractivity contribution is 6.42. The van der Waals surface area contributed by atoms with Gasteiger partial charge in [-0.1, -0.05) is 65.7 Å². The fraction of sp³-hybridized carbons (Fsp3) is 0.348. The van der Waals surface area contributed by atoms with Gasteiger partial charge < -0.3 is 14.9 Å². The highest BCUT2D eigenvalue weighted by Gasteiger charge is 2.43. The predicted molar refractivity (Wildman–Crippen MR) is 123 cm³/mol. The van der Waals surface area contributed by atoms with Gasteiger partial charge in [-0.05, 0) is 44.1 Å². The average Bonchev–Trinajstić information content (AvgIpc) is 2.72. The second-order valence-corrected chi connectivity index (χ2v) is 8.50. The van der Waals surface area contributed by atoms with Gasteiger partial charge >= 0.3 is 12.0 Å². The first-order valence-electron chi connectivity index (χ1n) is 10.0. The van der Waals surface area contributed by atoms with E-state index in [9.17, 15) is 14.7 Å². The molecule has 3 rings (SSSR count). The lowest BCUT2D eigenvalue weighted by molar-refractivity contribution is -0.141. The van der Waals surface area contributed by atoms with Crippen molar-refractivity contribution in [2.75, 3.05) is 20.1 Å². The summed E-state index contributed by atoms with van der Waals surface area (Å²) in [6.07, 6.45) is 0.657. The molecule has 0 fully saturated rings. The Labute approximate surface area is 192 Å². The lowest BCUT2D eigenvalue weighted by atomic mass is 9.86. The van der Waals surface area contributed by atoms with Crippen LogP contribution in [0.5, 0.6) is 0 Å². The predicted octanol–water partition coefficient (Wildman–Crippen LogP) is 5.15. The molecule has 8 heteroatoms. The van der Waals surface area contributed by atoms with Gasteiger partial charge in [0.1, 0.15) is 5.92 Å². The van der Waals surface area contributed by atoms with Crippen LogP contribution in [-0.4, -0.2) is 52.8 Å². The zero-order valence-electron chi connectivity index (χ0n) is 17.5. The number of amides is 2. The third-order valence-electron chi connectivity index (χ3n) is 5.42. The summed E-state index contributed by atoms with van der Waals surface area (Å²) in [7, 11) is 2.01. The van der Waals surface area contributed by atoms with Crippen LogP contribution in [0.3, 0.4) is 0 Å². The van der Waals surface area contributed by atoms with Crippen molar-refractivity contribution in [2.45, 2.75) is 25.9 Å². The maximum atomic E-state index is 12.8. The van der Waals surface area contributed by atoms with Crippen molar-refractivity contribution < 1.29 is 14.7 Å². The molecule has 2 aromatic carbocycles. The minimum atomic E-state index is -1.05. The summed E-state index contributed by atoms with van der Waals surface area (Å²) >= 11 is 12.6. The maximum Gasteiger partial charge on any atom is 0.344 e. The van der Waals surface area contributed by atoms with E-state index in [1.807, 2.05) is 25.2 Å². The number of carboxylic acid groups (broad SMARTS) is 1. The molecule has 1 N–H and O–H groups in total. The van der Waals surface area contributed by atoms with E-state index < -0.39 is 24.0 Å². The Bertz CT molecular complexity index is 981. The quantitative estimate of drug-likeness (QED) is 0.589. The molecule has 1 heterocycles. The van der Waals surface area contributed by atoms with E-state index in [4.69, 9.17) is 23.2 Å². The summed E-state index contributed by atoms with van der Waals surface area (Å²) in [5.74, 6) is -2.04. The number of hydrogen-bond donors (Lipinski definition) is 1. The third kappa shape index (κ3) is 5.45. The minimum absolute atomic E-state index is 0.258. The van der Waals surface area contributed by atoms with Crippen molar-refractivity contribution in [3.05, 3.63) is 69.7 Å². The zero-order valence-corrected chi connectivity index (χ0v) is 19.0. The van der Waals surface area contributed by atoms with Gasteiger partial charge in [0.2, 0.25) is 0 Å². The normalized spacial score (nSPS) is 18.9. The topological polar surface area (TPSA) is 73.2 Å². The molecule has 0 aliphatic carbocycles. The zero-order chi connectivity index (χ0) is 22.5. The van der Waals surface area contributed by atoms with Gasteiger partial charge in [0.05, 0.1) is 16.1 Å². The second kappa shape index (κ2) is 10.3. The Morgan fingerprint density at radius 1 is 1.16 bits per heavy atom. The van der Waals surface area contributed by atoms with Gasteiger partial charge in [-0.3, -0.25) is 4.79 Å². The molecule has 2 unspecified atom stereocenters. The van der Waals surface area contributed by atoms with Crippen molar-refractivity contribution in [1.82, 2.24) is 9.80 Å². The maximum absolute atomic E-state index is 12.8. The SMILES string of the molecule is CC1=NC(=O)N(CCCN(C)Cc2ccccc2)C(c2cccc(Cl)c2Cl)C1C(=O)O. The van der Waals surface area contributed by atoms with Gasteiger partial charge in [-0.2, -0.15) is 0 Å². The number of urea groups is 1. The first-order chi connectivity index (χ1) is 14.8. The van der Waals surface area contributed by atoms with Crippen LogP contribution in [0.15, 0.2) is 53.5 Å². The highest BCUT2D eigenvalue weighted by atomic mass is 35.5. The summed E-state index contributed by atoms with van der Waals surface area (Å²) < 4.78 is 0. The molecule has 2 amide bonds. The highest BCUT2D eigenvalue weighted by Crippen LogP contribution is 2.40. The number of aliphatic imine (C=N–C) groups is 1. The second-order valence-electron chi connectivity index (χ2n) is 7.71. The molecule has 0 saturated carbocycles. The summed E-state index contributed by atoms with van der Waals surface area (Å²) in [5, 5.41) is 10.5. The van der Waals surface area contributed by atoms with Crippen LogP contribution in [0.25, 0.3) is 0 Å². The molecule has 31 heavy (non-hydrogen) atoms. The van der Waals surface area contributed by atoms with E-state index in [0.29, 0.717) is 23.6 Å². The van der Waals surface area contributed by atoms with Crippen LogP contribution in [0, 0.1) is 5.92 Å². The fourth-order valence-electron chi connectivity index (χ4n) is 3.94. The first kappa shape index (κ1) is 23.3. The Kier molecular flexibility index (Phi) is 7.70. The molecule has 1 aliphatic heterocycles. The van der Waals surface area contributed by atoms with E-state index in [2.05, 4.69) is 22.0 Å². The van der Waals surface area contributed by atoms with Crippen LogP contribution in [0.2, 0.25) is 10.0 Å². The number of carboxylic acids is 1. The number of halogens is 2. The molecular weight excluding hydrogens is 437 g/mol. The van der Waals surface area contributed by atoms with Crippen LogP contribution >= 0.6 is 23.2 Å². The number of carbonyl (C=O) groups is 2. The van der Waals surface area contributed by atoms with Gasteiger partial charge in [-0.25, -0.2) is 9.79 Å². The molecule has 0 saturated heterocycles. The van der Waals surface area contributed by atoms with E-state index in [0.717, 1.165) is 13.1 Å². The van der Waals surface area contributed by atoms with Crippen LogP contribution in [0.1, 0.15) is 30.5 Å². The monoisotopic (exact) mass is 461 g/mol. The number of aliphatic carboxylic acids is 1. The van der Waals surface area contributed by atoms with Crippen molar-refractivity contribution in [1.29, 1.82) is 0 Å². The third-order valence-corrected chi connectivity index (χ3v) is 6.25. The summed E-state index contributed by atoms with van der Waals surface area (Å²) in [6.45, 7) is 3.43. The summed E-state index contributed by atoms with van der Waals surface area (Å²) in [6, 6.07) is 14.0. The first-order valence-corrected chi connectivity index (χ1v) is 10.8. The molecular formula is C23H25Cl2N3O3. The number of hydrogen-bond acceptors (Lipinski definition) is 3. The van der Waals surface area contributed by atoms with E-state index in [1.54, 1.807) is 25.1 Å². The Hall–Kier alpha value is -2.41. The molecule has 1 aliphatic rings. The fourth-order valence-corrected chi connectivity index (χ4v) is 4.36. The molecule has 0 spiro atoms. The molecule has 0 bridgehead atoms. The van der Waals surface area contributed by atoms with Crippen molar-refractivity contribution in [3.63, 3.8) is 0 Å². The lowest BCUT2D eigenvalue weighted by Gasteiger charge is -2.38. The molecule has 2 atom stereocenters. The molecule has 6 nitrogen and oxygen atoms in total. The number of carbonyl (C=O) groups excluding carboxylic acids is 1. The number of nitrogens with zero attached hydrogens (tertiary/aromatic N) is 3. The largest absolute Gasteiger partial charge is 0.481 e. The summed E-state index contributed by atoms with van der Waals surface area (Å²) in [4.78, 5) is 32.5. The molecule has 164 valence electrons. The van der Waals surface area contributed by atoms with Gasteiger partial charge in [0.15, 0.2) is 0 Å².